The maximum atomic E-state index is 12.9. The Morgan fingerprint density at radius 1 is 1.50 bits per heavy atom. The smallest absolute Gasteiger partial charge is 0.253 e. The molecule has 134 valence electrons. The molecule has 0 bridgehead atoms. The van der Waals surface area contributed by atoms with E-state index in [2.05, 4.69) is 24.3 Å². The third kappa shape index (κ3) is 3.46. The number of nitrogens with one attached hydrogen (secondary N) is 1. The molecule has 2 aliphatic heterocycles. The number of hydrogen-bond donors (Lipinski definition) is 1. The Kier molecular flexibility index (Phi) is 5.47. The normalized spacial score (nSPS) is 24.8. The summed E-state index contributed by atoms with van der Waals surface area (Å²) in [5, 5.41) is 8.51. The van der Waals surface area contributed by atoms with Gasteiger partial charge in [-0.15, -0.1) is 0 Å². The fraction of sp³-hybridized carbons (Fsp3) is 0.765. The first-order chi connectivity index (χ1) is 11.5. The van der Waals surface area contributed by atoms with Gasteiger partial charge in [-0.1, -0.05) is 25.4 Å². The van der Waals surface area contributed by atoms with Gasteiger partial charge in [-0.2, -0.15) is 5.10 Å². The van der Waals surface area contributed by atoms with Gasteiger partial charge >= 0.3 is 0 Å². The van der Waals surface area contributed by atoms with E-state index in [1.54, 1.807) is 0 Å². The molecule has 2 aliphatic rings. The quantitative estimate of drug-likeness (QED) is 0.900. The summed E-state index contributed by atoms with van der Waals surface area (Å²) in [4.78, 5) is 14.8. The number of carbonyl (C=O) groups excluding carboxylic acids is 1. The third-order valence-corrected chi connectivity index (χ3v) is 5.12. The molecule has 24 heavy (non-hydrogen) atoms. The van der Waals surface area contributed by atoms with Crippen molar-refractivity contribution in [1.82, 2.24) is 20.0 Å². The standard InChI is InChI=1S/C17H27ClN4O2/c1-11(2)10-22-16(18)15(12(3)20-22)13-5-4-7-21(13)17(23)14-9-19-6-8-24-14/h11,13-14,19H,4-10H2,1-3H3/t13-,14-/m0/s1. The van der Waals surface area contributed by atoms with Gasteiger partial charge in [0.2, 0.25) is 0 Å². The predicted molar refractivity (Wildman–Crippen MR) is 93.1 cm³/mol. The van der Waals surface area contributed by atoms with Crippen LogP contribution in [0.5, 0.6) is 0 Å². The van der Waals surface area contributed by atoms with Gasteiger partial charge in [0, 0.05) is 31.7 Å². The molecule has 0 spiro atoms. The highest BCUT2D eigenvalue weighted by Crippen LogP contribution is 2.38. The predicted octanol–water partition coefficient (Wildman–Crippen LogP) is 2.15. The van der Waals surface area contributed by atoms with Crippen LogP contribution in [-0.2, 0) is 16.1 Å². The molecule has 6 nitrogen and oxygen atoms in total. The molecule has 1 aromatic rings. The summed E-state index contributed by atoms with van der Waals surface area (Å²) >= 11 is 6.63. The number of halogens is 1. The van der Waals surface area contributed by atoms with Gasteiger partial charge < -0.3 is 15.0 Å². The third-order valence-electron chi connectivity index (χ3n) is 4.72. The van der Waals surface area contributed by atoms with Gasteiger partial charge in [-0.3, -0.25) is 9.48 Å². The molecule has 2 atom stereocenters. The van der Waals surface area contributed by atoms with Crippen LogP contribution in [-0.4, -0.2) is 52.9 Å². The SMILES string of the molecule is Cc1nn(CC(C)C)c(Cl)c1[C@@H]1CCCN1C(=O)[C@@H]1CNCCO1. The molecule has 2 fully saturated rings. The Morgan fingerprint density at radius 2 is 2.29 bits per heavy atom. The van der Waals surface area contributed by atoms with Crippen LogP contribution >= 0.6 is 11.6 Å². The minimum absolute atomic E-state index is 0.0106. The van der Waals surface area contributed by atoms with E-state index >= 15 is 0 Å². The lowest BCUT2D eigenvalue weighted by Crippen LogP contribution is -2.49. The molecule has 0 radical (unpaired) electrons. The van der Waals surface area contributed by atoms with Crippen LogP contribution in [0.3, 0.4) is 0 Å². The van der Waals surface area contributed by atoms with E-state index in [0.717, 1.165) is 43.7 Å². The lowest BCUT2D eigenvalue weighted by Gasteiger charge is -2.31. The summed E-state index contributed by atoms with van der Waals surface area (Å²) in [6, 6.07) is 0.0106. The molecule has 1 N–H and O–H groups in total. The monoisotopic (exact) mass is 354 g/mol. The Labute approximate surface area is 148 Å². The van der Waals surface area contributed by atoms with Gasteiger partial charge in [0.05, 0.1) is 18.3 Å². The van der Waals surface area contributed by atoms with Crippen LogP contribution in [0.1, 0.15) is 44.0 Å². The van der Waals surface area contributed by atoms with Crippen LogP contribution in [0, 0.1) is 12.8 Å². The zero-order chi connectivity index (χ0) is 17.3. The van der Waals surface area contributed by atoms with Gasteiger partial charge in [0.25, 0.3) is 5.91 Å². The second kappa shape index (κ2) is 7.42. The Morgan fingerprint density at radius 3 is 2.96 bits per heavy atom. The van der Waals surface area contributed by atoms with Gasteiger partial charge in [-0.25, -0.2) is 0 Å². The van der Waals surface area contributed by atoms with Gasteiger partial charge in [0.15, 0.2) is 0 Å². The molecule has 0 unspecified atom stereocenters. The van der Waals surface area contributed by atoms with E-state index in [4.69, 9.17) is 16.3 Å². The van der Waals surface area contributed by atoms with Gasteiger partial charge in [-0.05, 0) is 25.7 Å². The average molecular weight is 355 g/mol. The Balaban J connectivity index is 1.82. The van der Waals surface area contributed by atoms with Crippen molar-refractivity contribution in [2.45, 2.75) is 52.3 Å². The van der Waals surface area contributed by atoms with E-state index < -0.39 is 0 Å². The summed E-state index contributed by atoms with van der Waals surface area (Å²) in [7, 11) is 0. The van der Waals surface area contributed by atoms with Crippen molar-refractivity contribution < 1.29 is 9.53 Å². The first kappa shape index (κ1) is 17.7. The molecule has 0 aromatic carbocycles. The number of ether oxygens (including phenoxy) is 1. The maximum Gasteiger partial charge on any atom is 0.253 e. The largest absolute Gasteiger partial charge is 0.366 e. The van der Waals surface area contributed by atoms with Crippen molar-refractivity contribution in [2.75, 3.05) is 26.2 Å². The average Bonchev–Trinajstić information content (AvgIpc) is 3.12. The number of morpholine rings is 1. The highest BCUT2D eigenvalue weighted by molar-refractivity contribution is 6.30. The number of hydrogen-bond acceptors (Lipinski definition) is 4. The maximum absolute atomic E-state index is 12.9. The zero-order valence-corrected chi connectivity index (χ0v) is 15.5. The van der Waals surface area contributed by atoms with Crippen molar-refractivity contribution in [1.29, 1.82) is 0 Å². The molecule has 3 heterocycles. The highest BCUT2D eigenvalue weighted by atomic mass is 35.5. The molecule has 3 rings (SSSR count). The second-order valence-corrected chi connectivity index (χ2v) is 7.48. The molecule has 2 saturated heterocycles. The summed E-state index contributed by atoms with van der Waals surface area (Å²) in [5.74, 6) is 0.537. The molecular weight excluding hydrogens is 328 g/mol. The summed E-state index contributed by atoms with van der Waals surface area (Å²) in [6.07, 6.45) is 1.53. The van der Waals surface area contributed by atoms with E-state index in [-0.39, 0.29) is 18.1 Å². The number of nitrogens with zero attached hydrogens (tertiary/aromatic N) is 3. The van der Waals surface area contributed by atoms with Crippen LogP contribution in [0.15, 0.2) is 0 Å². The summed E-state index contributed by atoms with van der Waals surface area (Å²) in [5.41, 5.74) is 1.93. The van der Waals surface area contributed by atoms with E-state index in [1.807, 2.05) is 16.5 Å². The lowest BCUT2D eigenvalue weighted by molar-refractivity contribution is -0.146. The number of likely N-dealkylation sites (tertiary alicyclic amines) is 1. The Bertz CT molecular complexity index is 596. The molecule has 0 aliphatic carbocycles. The number of aryl methyl sites for hydroxylation is 1. The molecule has 7 heteroatoms. The van der Waals surface area contributed by atoms with Crippen LogP contribution < -0.4 is 5.32 Å². The molecule has 1 aromatic heterocycles. The first-order valence-corrected chi connectivity index (χ1v) is 9.22. The van der Waals surface area contributed by atoms with Gasteiger partial charge in [0.1, 0.15) is 11.3 Å². The van der Waals surface area contributed by atoms with Crippen molar-refractivity contribution in [3.8, 4) is 0 Å². The number of rotatable bonds is 4. The fourth-order valence-corrected chi connectivity index (χ4v) is 4.02. The van der Waals surface area contributed by atoms with E-state index in [0.29, 0.717) is 24.2 Å². The van der Waals surface area contributed by atoms with Crippen LogP contribution in [0.4, 0.5) is 0 Å². The zero-order valence-electron chi connectivity index (χ0n) is 14.7. The topological polar surface area (TPSA) is 59.4 Å². The van der Waals surface area contributed by atoms with Crippen molar-refractivity contribution in [3.05, 3.63) is 16.4 Å². The number of amides is 1. The number of aromatic nitrogens is 2. The minimum Gasteiger partial charge on any atom is -0.366 e. The fourth-order valence-electron chi connectivity index (χ4n) is 3.65. The highest BCUT2D eigenvalue weighted by Gasteiger charge is 2.37. The van der Waals surface area contributed by atoms with Crippen LogP contribution in [0.2, 0.25) is 5.15 Å². The second-order valence-electron chi connectivity index (χ2n) is 7.12. The Hall–Kier alpha value is -1.11. The minimum atomic E-state index is -0.385. The number of carbonyl (C=O) groups is 1. The lowest BCUT2D eigenvalue weighted by atomic mass is 10.1. The van der Waals surface area contributed by atoms with E-state index in [9.17, 15) is 4.79 Å². The summed E-state index contributed by atoms with van der Waals surface area (Å²) < 4.78 is 7.52. The molecule has 1 amide bonds. The van der Waals surface area contributed by atoms with Crippen molar-refractivity contribution in [2.24, 2.45) is 5.92 Å². The summed E-state index contributed by atoms with van der Waals surface area (Å²) in [6.45, 7) is 9.79. The molecular formula is C17H27ClN4O2. The first-order valence-electron chi connectivity index (χ1n) is 8.84. The van der Waals surface area contributed by atoms with E-state index in [1.165, 1.54) is 0 Å². The van der Waals surface area contributed by atoms with Crippen LogP contribution in [0.25, 0.3) is 0 Å². The van der Waals surface area contributed by atoms with Crippen molar-refractivity contribution >= 4 is 17.5 Å². The molecule has 0 saturated carbocycles. The van der Waals surface area contributed by atoms with Crippen molar-refractivity contribution in [3.63, 3.8) is 0 Å².